The number of nitrogens with zero attached hydrogens (tertiary/aromatic N) is 1. The van der Waals surface area contributed by atoms with Crippen molar-refractivity contribution in [2.24, 2.45) is 5.92 Å². The smallest absolute Gasteiger partial charge is 0.194 e. The molecule has 3 heteroatoms. The first kappa shape index (κ1) is 16.9. The quantitative estimate of drug-likeness (QED) is 0.724. The lowest BCUT2D eigenvalue weighted by Gasteiger charge is -2.44. The lowest BCUT2D eigenvalue weighted by atomic mass is 9.85. The molecule has 1 aromatic carbocycles. The number of hydrogen-bond donors (Lipinski definition) is 0. The molecule has 0 bridgehead atoms. The average molecular weight is 289 g/mol. The van der Waals surface area contributed by atoms with E-state index in [1.165, 1.54) is 0 Å². The molecule has 0 fully saturated rings. The summed E-state index contributed by atoms with van der Waals surface area (Å²) in [4.78, 5) is 0. The van der Waals surface area contributed by atoms with E-state index in [1.54, 1.807) is 0 Å². The van der Waals surface area contributed by atoms with Crippen LogP contribution in [-0.2, 0) is 10.0 Å². The maximum Gasteiger partial charge on any atom is 0.194 e. The topological polar surface area (TPSA) is 33.0 Å². The Kier molecular flexibility index (Phi) is 4.84. The van der Waals surface area contributed by atoms with Gasteiger partial charge in [0.1, 0.15) is 6.07 Å². The molecule has 0 spiro atoms. The molecule has 0 N–H and O–H groups in total. The summed E-state index contributed by atoms with van der Waals surface area (Å²) in [5.74, 6) is 0.101. The first-order chi connectivity index (χ1) is 9.07. The average Bonchev–Trinajstić information content (AvgIpc) is 2.35. The molecular weight excluding hydrogens is 262 g/mol. The Labute approximate surface area is 124 Å². The van der Waals surface area contributed by atoms with E-state index in [0.29, 0.717) is 0 Å². The van der Waals surface area contributed by atoms with Gasteiger partial charge in [0.25, 0.3) is 0 Å². The van der Waals surface area contributed by atoms with Gasteiger partial charge in [0, 0.05) is 0 Å². The molecule has 1 aromatic rings. The summed E-state index contributed by atoms with van der Waals surface area (Å²) in [6.07, 6.45) is 0. The Morgan fingerprint density at radius 2 is 1.60 bits per heavy atom. The van der Waals surface area contributed by atoms with E-state index >= 15 is 0 Å². The van der Waals surface area contributed by atoms with Crippen molar-refractivity contribution in [2.45, 2.75) is 58.4 Å². The second kappa shape index (κ2) is 5.71. The number of nitriles is 1. The molecule has 1 rings (SSSR count). The van der Waals surface area contributed by atoms with Crippen LogP contribution in [0.1, 0.15) is 40.2 Å². The maximum atomic E-state index is 9.88. The summed E-state index contributed by atoms with van der Waals surface area (Å²) >= 11 is 0. The molecule has 0 aliphatic rings. The summed E-state index contributed by atoms with van der Waals surface area (Å²) in [7, 11) is -2.03. The molecule has 0 aliphatic heterocycles. The summed E-state index contributed by atoms with van der Waals surface area (Å²) in [5.41, 5.74) is 0.104. The number of rotatable bonds is 4. The van der Waals surface area contributed by atoms with Crippen LogP contribution in [-0.4, -0.2) is 8.32 Å². The van der Waals surface area contributed by atoms with Gasteiger partial charge in [-0.3, -0.25) is 0 Å². The standard InChI is InChI=1S/C17H27NOSi/c1-14(2)17(13-18,15-11-9-8-10-12-15)19-20(6,7)16(3,4)5/h8-12,14H,1-7H3. The van der Waals surface area contributed by atoms with E-state index in [9.17, 15) is 5.26 Å². The zero-order chi connectivity index (χ0) is 15.6. The van der Waals surface area contributed by atoms with Crippen molar-refractivity contribution in [3.63, 3.8) is 0 Å². The predicted octanol–water partition coefficient (Wildman–Crippen LogP) is 5.08. The van der Waals surface area contributed by atoms with Gasteiger partial charge in [-0.25, -0.2) is 0 Å². The first-order valence-electron chi connectivity index (χ1n) is 7.24. The molecule has 0 aromatic heterocycles. The van der Waals surface area contributed by atoms with E-state index in [4.69, 9.17) is 4.43 Å². The summed E-state index contributed by atoms with van der Waals surface area (Å²) < 4.78 is 6.56. The minimum Gasteiger partial charge on any atom is -0.395 e. The Bertz CT molecular complexity index is 482. The third-order valence-electron chi connectivity index (χ3n) is 4.40. The molecule has 20 heavy (non-hydrogen) atoms. The van der Waals surface area contributed by atoms with E-state index in [1.807, 2.05) is 30.3 Å². The largest absolute Gasteiger partial charge is 0.395 e. The van der Waals surface area contributed by atoms with Crippen LogP contribution in [0.2, 0.25) is 18.1 Å². The van der Waals surface area contributed by atoms with Crippen LogP contribution in [0.5, 0.6) is 0 Å². The molecule has 0 heterocycles. The molecule has 2 nitrogen and oxygen atoms in total. The van der Waals surface area contributed by atoms with E-state index < -0.39 is 13.9 Å². The van der Waals surface area contributed by atoms with Gasteiger partial charge in [-0.2, -0.15) is 5.26 Å². The SMILES string of the molecule is CC(C)C(C#N)(O[Si](C)(C)C(C)(C)C)c1ccccc1. The van der Waals surface area contributed by atoms with Crippen molar-refractivity contribution in [2.75, 3.05) is 0 Å². The number of hydrogen-bond acceptors (Lipinski definition) is 2. The van der Waals surface area contributed by atoms with Crippen LogP contribution < -0.4 is 0 Å². The van der Waals surface area contributed by atoms with Crippen LogP contribution in [0.15, 0.2) is 30.3 Å². The fourth-order valence-corrected chi connectivity index (χ4v) is 3.48. The van der Waals surface area contributed by atoms with Crippen molar-refractivity contribution in [1.29, 1.82) is 5.26 Å². The van der Waals surface area contributed by atoms with Crippen LogP contribution in [0.3, 0.4) is 0 Å². The highest BCUT2D eigenvalue weighted by Gasteiger charge is 2.47. The molecule has 1 unspecified atom stereocenters. The highest BCUT2D eigenvalue weighted by molar-refractivity contribution is 6.74. The highest BCUT2D eigenvalue weighted by atomic mass is 28.4. The monoisotopic (exact) mass is 289 g/mol. The van der Waals surface area contributed by atoms with Gasteiger partial charge in [-0.15, -0.1) is 0 Å². The van der Waals surface area contributed by atoms with Gasteiger partial charge >= 0.3 is 0 Å². The van der Waals surface area contributed by atoms with Crippen LogP contribution >= 0.6 is 0 Å². The minimum absolute atomic E-state index is 0.0821. The summed E-state index contributed by atoms with van der Waals surface area (Å²) in [5, 5.41) is 9.96. The fourth-order valence-electron chi connectivity index (χ4n) is 1.97. The van der Waals surface area contributed by atoms with Gasteiger partial charge in [-0.05, 0) is 29.6 Å². The summed E-state index contributed by atoms with van der Waals surface area (Å²) in [6.45, 7) is 15.1. The van der Waals surface area contributed by atoms with Crippen LogP contribution in [0, 0.1) is 17.2 Å². The van der Waals surface area contributed by atoms with E-state index in [-0.39, 0.29) is 11.0 Å². The third-order valence-corrected chi connectivity index (χ3v) is 8.85. The zero-order valence-corrected chi connectivity index (χ0v) is 14.8. The van der Waals surface area contributed by atoms with Crippen LogP contribution in [0.25, 0.3) is 0 Å². The third kappa shape index (κ3) is 3.13. The second-order valence-electron chi connectivity index (χ2n) is 7.23. The molecule has 0 saturated heterocycles. The van der Waals surface area contributed by atoms with Gasteiger partial charge in [0.05, 0.1) is 0 Å². The minimum atomic E-state index is -2.03. The van der Waals surface area contributed by atoms with Crippen molar-refractivity contribution in [3.05, 3.63) is 35.9 Å². The summed E-state index contributed by atoms with van der Waals surface area (Å²) in [6, 6.07) is 12.4. The fraction of sp³-hybridized carbons (Fsp3) is 0.588. The molecule has 0 saturated carbocycles. The van der Waals surface area contributed by atoms with E-state index in [0.717, 1.165) is 5.56 Å². The Morgan fingerprint density at radius 3 is 1.95 bits per heavy atom. The van der Waals surface area contributed by atoms with Crippen molar-refractivity contribution >= 4 is 8.32 Å². The first-order valence-corrected chi connectivity index (χ1v) is 10.1. The molecule has 1 atom stereocenters. The predicted molar refractivity (Wildman–Crippen MR) is 86.9 cm³/mol. The normalized spacial score (nSPS) is 15.8. The van der Waals surface area contributed by atoms with Crippen molar-refractivity contribution in [3.8, 4) is 6.07 Å². The Hall–Kier alpha value is -1.11. The zero-order valence-electron chi connectivity index (χ0n) is 13.8. The Morgan fingerprint density at radius 1 is 1.10 bits per heavy atom. The molecule has 110 valence electrons. The maximum absolute atomic E-state index is 9.88. The van der Waals surface area contributed by atoms with Gasteiger partial charge in [-0.1, -0.05) is 65.0 Å². The van der Waals surface area contributed by atoms with Crippen LogP contribution in [0.4, 0.5) is 0 Å². The van der Waals surface area contributed by atoms with E-state index in [2.05, 4.69) is 53.8 Å². The van der Waals surface area contributed by atoms with Gasteiger partial charge in [0.15, 0.2) is 13.9 Å². The van der Waals surface area contributed by atoms with Crippen molar-refractivity contribution in [1.82, 2.24) is 0 Å². The van der Waals surface area contributed by atoms with Gasteiger partial charge < -0.3 is 4.43 Å². The molecule has 0 radical (unpaired) electrons. The lowest BCUT2D eigenvalue weighted by Crippen LogP contribution is -2.50. The van der Waals surface area contributed by atoms with Crippen molar-refractivity contribution < 1.29 is 4.43 Å². The van der Waals surface area contributed by atoms with Gasteiger partial charge in [0.2, 0.25) is 0 Å². The lowest BCUT2D eigenvalue weighted by molar-refractivity contribution is 0.0601. The molecule has 0 amide bonds. The Balaban J connectivity index is 3.33. The highest BCUT2D eigenvalue weighted by Crippen LogP contribution is 2.44. The molecule has 0 aliphatic carbocycles. The molecular formula is C17H27NOSi. The second-order valence-corrected chi connectivity index (χ2v) is 12.0. The number of benzene rings is 1.